The Morgan fingerprint density at radius 1 is 1.15 bits per heavy atom. The van der Waals surface area contributed by atoms with Crippen molar-refractivity contribution in [2.24, 2.45) is 5.92 Å². The molecule has 5 heteroatoms. The number of piperidine rings is 1. The summed E-state index contributed by atoms with van der Waals surface area (Å²) < 4.78 is 4.96. The summed E-state index contributed by atoms with van der Waals surface area (Å²) >= 11 is 0. The van der Waals surface area contributed by atoms with Gasteiger partial charge in [-0.15, -0.1) is 0 Å². The second-order valence-corrected chi connectivity index (χ2v) is 5.82. The lowest BCUT2D eigenvalue weighted by molar-refractivity contribution is -0.128. The van der Waals surface area contributed by atoms with E-state index in [1.54, 1.807) is 7.11 Å². The molecule has 1 rings (SSSR count). The minimum Gasteiger partial charge on any atom is -0.383 e. The van der Waals surface area contributed by atoms with E-state index < -0.39 is 0 Å². The molecule has 1 fully saturated rings. The normalized spacial score (nSPS) is 18.2. The van der Waals surface area contributed by atoms with Gasteiger partial charge in [-0.3, -0.25) is 9.69 Å². The third-order valence-electron chi connectivity index (χ3n) is 3.77. The number of likely N-dealkylation sites (tertiary alicyclic amines) is 1. The van der Waals surface area contributed by atoms with E-state index in [1.165, 1.54) is 19.3 Å². The SMILES string of the molecule is COCCNCCNC(=O)C(C(C)C)N1CCCCC1. The Hall–Kier alpha value is -0.650. The van der Waals surface area contributed by atoms with Crippen LogP contribution in [0.4, 0.5) is 0 Å². The number of hydrogen-bond donors (Lipinski definition) is 2. The molecule has 1 unspecified atom stereocenters. The molecule has 0 aromatic heterocycles. The molecule has 1 aliphatic rings. The van der Waals surface area contributed by atoms with Gasteiger partial charge in [0, 0.05) is 26.7 Å². The summed E-state index contributed by atoms with van der Waals surface area (Å²) in [5, 5.41) is 6.29. The molecule has 0 saturated carbocycles. The number of hydrogen-bond acceptors (Lipinski definition) is 4. The van der Waals surface area contributed by atoms with E-state index in [0.29, 0.717) is 19.1 Å². The molecule has 1 aliphatic heterocycles. The van der Waals surface area contributed by atoms with Crippen LogP contribution in [-0.2, 0) is 9.53 Å². The summed E-state index contributed by atoms with van der Waals surface area (Å²) in [6.07, 6.45) is 3.73. The van der Waals surface area contributed by atoms with Gasteiger partial charge in [0.05, 0.1) is 12.6 Å². The van der Waals surface area contributed by atoms with Crippen LogP contribution in [0.15, 0.2) is 0 Å². The number of carbonyl (C=O) groups excluding carboxylic acids is 1. The van der Waals surface area contributed by atoms with E-state index in [1.807, 2.05) is 0 Å². The maximum Gasteiger partial charge on any atom is 0.237 e. The first-order valence-electron chi connectivity index (χ1n) is 7.88. The van der Waals surface area contributed by atoms with Gasteiger partial charge >= 0.3 is 0 Å². The lowest BCUT2D eigenvalue weighted by atomic mass is 9.98. The van der Waals surface area contributed by atoms with Crippen LogP contribution in [0.3, 0.4) is 0 Å². The summed E-state index contributed by atoms with van der Waals surface area (Å²) in [4.78, 5) is 14.7. The van der Waals surface area contributed by atoms with Crippen LogP contribution in [0.2, 0.25) is 0 Å². The fraction of sp³-hybridized carbons (Fsp3) is 0.933. The number of ether oxygens (including phenoxy) is 1. The first kappa shape index (κ1) is 17.4. The quantitative estimate of drug-likeness (QED) is 0.617. The topological polar surface area (TPSA) is 53.6 Å². The van der Waals surface area contributed by atoms with Crippen molar-refractivity contribution in [3.63, 3.8) is 0 Å². The number of amides is 1. The fourth-order valence-corrected chi connectivity index (χ4v) is 2.76. The molecule has 0 aliphatic carbocycles. The maximum atomic E-state index is 12.4. The number of carbonyl (C=O) groups is 1. The summed E-state index contributed by atoms with van der Waals surface area (Å²) in [5.41, 5.74) is 0. The summed E-state index contributed by atoms with van der Waals surface area (Å²) in [7, 11) is 1.69. The molecule has 0 aromatic rings. The minimum atomic E-state index is 0.0225. The van der Waals surface area contributed by atoms with E-state index in [-0.39, 0.29) is 11.9 Å². The van der Waals surface area contributed by atoms with Gasteiger partial charge in [0.2, 0.25) is 5.91 Å². The molecule has 1 atom stereocenters. The first-order chi connectivity index (χ1) is 9.66. The van der Waals surface area contributed by atoms with E-state index in [2.05, 4.69) is 29.4 Å². The smallest absolute Gasteiger partial charge is 0.237 e. The summed E-state index contributed by atoms with van der Waals surface area (Å²) in [6, 6.07) is 0.0225. The van der Waals surface area contributed by atoms with Crippen molar-refractivity contribution in [2.45, 2.75) is 39.2 Å². The van der Waals surface area contributed by atoms with Crippen LogP contribution < -0.4 is 10.6 Å². The molecule has 5 nitrogen and oxygen atoms in total. The standard InChI is InChI=1S/C15H31N3O2/c1-13(2)14(18-10-5-4-6-11-18)15(19)17-8-7-16-9-12-20-3/h13-14,16H,4-12H2,1-3H3,(H,17,19). The highest BCUT2D eigenvalue weighted by molar-refractivity contribution is 5.82. The third kappa shape index (κ3) is 6.20. The molecule has 1 heterocycles. The molecule has 0 radical (unpaired) electrons. The van der Waals surface area contributed by atoms with E-state index in [9.17, 15) is 4.79 Å². The third-order valence-corrected chi connectivity index (χ3v) is 3.77. The molecular formula is C15H31N3O2. The van der Waals surface area contributed by atoms with Crippen molar-refractivity contribution in [3.8, 4) is 0 Å². The molecular weight excluding hydrogens is 254 g/mol. The maximum absolute atomic E-state index is 12.4. The highest BCUT2D eigenvalue weighted by Gasteiger charge is 2.29. The highest BCUT2D eigenvalue weighted by Crippen LogP contribution is 2.17. The van der Waals surface area contributed by atoms with Gasteiger partial charge < -0.3 is 15.4 Å². The highest BCUT2D eigenvalue weighted by atomic mass is 16.5. The van der Waals surface area contributed by atoms with Gasteiger partial charge in [-0.1, -0.05) is 20.3 Å². The Labute approximate surface area is 123 Å². The Balaban J connectivity index is 2.29. The number of nitrogens with one attached hydrogen (secondary N) is 2. The Kier molecular flexibility index (Phi) is 8.82. The van der Waals surface area contributed by atoms with Crippen LogP contribution in [0, 0.1) is 5.92 Å². The first-order valence-corrected chi connectivity index (χ1v) is 7.88. The second kappa shape index (κ2) is 10.1. The van der Waals surface area contributed by atoms with Gasteiger partial charge in [-0.25, -0.2) is 0 Å². The number of nitrogens with zero attached hydrogens (tertiary/aromatic N) is 1. The van der Waals surface area contributed by atoms with Crippen molar-refractivity contribution in [1.29, 1.82) is 0 Å². The summed E-state index contributed by atoms with van der Waals surface area (Å²) in [5.74, 6) is 0.532. The average molecular weight is 285 g/mol. The lowest BCUT2D eigenvalue weighted by Gasteiger charge is -2.35. The van der Waals surface area contributed by atoms with E-state index >= 15 is 0 Å². The van der Waals surface area contributed by atoms with Crippen LogP contribution in [0.5, 0.6) is 0 Å². The van der Waals surface area contributed by atoms with Crippen molar-refractivity contribution in [3.05, 3.63) is 0 Å². The Morgan fingerprint density at radius 2 is 1.85 bits per heavy atom. The van der Waals surface area contributed by atoms with E-state index in [4.69, 9.17) is 4.74 Å². The van der Waals surface area contributed by atoms with Crippen LogP contribution in [-0.4, -0.2) is 63.3 Å². The molecule has 118 valence electrons. The zero-order chi connectivity index (χ0) is 14.8. The minimum absolute atomic E-state index is 0.0225. The lowest BCUT2D eigenvalue weighted by Crippen LogP contribution is -2.52. The van der Waals surface area contributed by atoms with Gasteiger partial charge in [-0.2, -0.15) is 0 Å². The monoisotopic (exact) mass is 285 g/mol. The van der Waals surface area contributed by atoms with Gasteiger partial charge in [0.15, 0.2) is 0 Å². The molecule has 0 spiro atoms. The molecule has 0 bridgehead atoms. The van der Waals surface area contributed by atoms with Gasteiger partial charge in [-0.05, 0) is 31.8 Å². The molecule has 0 aromatic carbocycles. The van der Waals surface area contributed by atoms with Crippen LogP contribution >= 0.6 is 0 Å². The van der Waals surface area contributed by atoms with E-state index in [0.717, 1.165) is 26.2 Å². The Bertz CT molecular complexity index is 266. The predicted octanol–water partition coefficient (Wildman–Crippen LogP) is 0.849. The second-order valence-electron chi connectivity index (χ2n) is 5.82. The number of methoxy groups -OCH3 is 1. The zero-order valence-corrected chi connectivity index (χ0v) is 13.3. The van der Waals surface area contributed by atoms with Crippen LogP contribution in [0.1, 0.15) is 33.1 Å². The molecule has 2 N–H and O–H groups in total. The number of rotatable bonds is 9. The predicted molar refractivity (Wildman–Crippen MR) is 81.8 cm³/mol. The molecule has 20 heavy (non-hydrogen) atoms. The Morgan fingerprint density at radius 3 is 2.45 bits per heavy atom. The van der Waals surface area contributed by atoms with Crippen LogP contribution in [0.25, 0.3) is 0 Å². The van der Waals surface area contributed by atoms with Crippen molar-refractivity contribution in [1.82, 2.24) is 15.5 Å². The van der Waals surface area contributed by atoms with Crippen molar-refractivity contribution >= 4 is 5.91 Å². The summed E-state index contributed by atoms with van der Waals surface area (Å²) in [6.45, 7) is 9.39. The largest absolute Gasteiger partial charge is 0.383 e. The van der Waals surface area contributed by atoms with Gasteiger partial charge in [0.25, 0.3) is 0 Å². The molecule has 1 saturated heterocycles. The fourth-order valence-electron chi connectivity index (χ4n) is 2.76. The molecule has 1 amide bonds. The zero-order valence-electron chi connectivity index (χ0n) is 13.3. The van der Waals surface area contributed by atoms with Crippen molar-refractivity contribution in [2.75, 3.05) is 46.4 Å². The van der Waals surface area contributed by atoms with Crippen molar-refractivity contribution < 1.29 is 9.53 Å². The van der Waals surface area contributed by atoms with Gasteiger partial charge in [0.1, 0.15) is 0 Å². The average Bonchev–Trinajstić information content (AvgIpc) is 2.43.